The highest BCUT2D eigenvalue weighted by Crippen LogP contribution is 2.48. The minimum absolute atomic E-state index is 0.826. The molecule has 0 unspecified atom stereocenters. The Morgan fingerprint density at radius 3 is 1.30 bits per heavy atom. The first-order valence-electron chi connectivity index (χ1n) is 15.4. The highest BCUT2D eigenvalue weighted by Gasteiger charge is 2.24. The highest BCUT2D eigenvalue weighted by molar-refractivity contribution is 6.19. The van der Waals surface area contributed by atoms with Crippen molar-refractivity contribution in [3.05, 3.63) is 170 Å². The summed E-state index contributed by atoms with van der Waals surface area (Å²) in [6.07, 6.45) is 0. The molecule has 7 aromatic carbocycles. The van der Waals surface area contributed by atoms with E-state index in [1.54, 1.807) is 0 Å². The summed E-state index contributed by atoms with van der Waals surface area (Å²) in [7, 11) is 0. The Hall–Kier alpha value is -6.26. The molecule has 0 bridgehead atoms. The maximum Gasteiger partial charge on any atom is 0.137 e. The van der Waals surface area contributed by atoms with Crippen molar-refractivity contribution in [2.45, 2.75) is 0 Å². The van der Waals surface area contributed by atoms with Gasteiger partial charge in [-0.05, 0) is 78.9 Å². The molecule has 0 aliphatic carbocycles. The third kappa shape index (κ3) is 4.23. The van der Waals surface area contributed by atoms with Crippen LogP contribution in [-0.2, 0) is 0 Å². The molecule has 0 amide bonds. The van der Waals surface area contributed by atoms with Crippen LogP contribution < -0.4 is 9.80 Å². The van der Waals surface area contributed by atoms with Crippen LogP contribution >= 0.6 is 0 Å². The molecule has 218 valence electrons. The van der Waals surface area contributed by atoms with Crippen molar-refractivity contribution in [1.29, 1.82) is 0 Å². The summed E-state index contributed by atoms with van der Waals surface area (Å²) in [4.78, 5) is 4.61. The van der Waals surface area contributed by atoms with Crippen LogP contribution in [0, 0.1) is 0 Å². The Balaban J connectivity index is 1.33. The Morgan fingerprint density at radius 1 is 0.304 bits per heavy atom. The quantitative estimate of drug-likeness (QED) is 0.192. The van der Waals surface area contributed by atoms with Gasteiger partial charge in [0.05, 0.1) is 22.1 Å². The van der Waals surface area contributed by atoms with Gasteiger partial charge in [0.15, 0.2) is 0 Å². The standard InChI is InChI=1S/C42H28N2O2/c1-4-14-29(15-5-1)43(30-16-6-2-7-17-30)35-21-12-24-38-41(35)42-36(22-13-25-39(42)46-38)44(31-18-8-3-9-19-31)32-26-27-34-33-20-10-11-23-37(33)45-40(34)28-32/h1-28H. The van der Waals surface area contributed by atoms with E-state index in [1.165, 1.54) is 0 Å². The van der Waals surface area contributed by atoms with Crippen molar-refractivity contribution < 1.29 is 8.83 Å². The fourth-order valence-electron chi connectivity index (χ4n) is 6.64. The summed E-state index contributed by atoms with van der Waals surface area (Å²) in [6.45, 7) is 0. The molecule has 2 aromatic heterocycles. The van der Waals surface area contributed by atoms with Gasteiger partial charge in [-0.1, -0.05) is 84.9 Å². The van der Waals surface area contributed by atoms with Crippen LogP contribution in [0.15, 0.2) is 179 Å². The van der Waals surface area contributed by atoms with Gasteiger partial charge in [-0.25, -0.2) is 0 Å². The summed E-state index contributed by atoms with van der Waals surface area (Å²) in [5.74, 6) is 0. The summed E-state index contributed by atoms with van der Waals surface area (Å²) in [5.41, 5.74) is 9.64. The van der Waals surface area contributed by atoms with E-state index >= 15 is 0 Å². The Labute approximate surface area is 265 Å². The maximum atomic E-state index is 6.62. The third-order valence-electron chi connectivity index (χ3n) is 8.62. The SMILES string of the molecule is c1ccc(N(c2ccccc2)c2cccc3oc4cccc(N(c5ccccc5)c5ccc6c(c5)oc5ccccc56)c4c23)cc1. The molecule has 0 spiro atoms. The number of nitrogens with zero attached hydrogens (tertiary/aromatic N) is 2. The molecule has 0 aliphatic heterocycles. The summed E-state index contributed by atoms with van der Waals surface area (Å²) >= 11 is 0. The average molecular weight is 593 g/mol. The minimum atomic E-state index is 0.826. The van der Waals surface area contributed by atoms with Gasteiger partial charge < -0.3 is 18.6 Å². The first kappa shape index (κ1) is 26.2. The zero-order valence-corrected chi connectivity index (χ0v) is 24.9. The van der Waals surface area contributed by atoms with Crippen LogP contribution in [0.1, 0.15) is 0 Å². The minimum Gasteiger partial charge on any atom is -0.456 e. The van der Waals surface area contributed by atoms with Crippen molar-refractivity contribution in [3.8, 4) is 0 Å². The lowest BCUT2D eigenvalue weighted by Gasteiger charge is -2.28. The van der Waals surface area contributed by atoms with Crippen LogP contribution in [0.3, 0.4) is 0 Å². The van der Waals surface area contributed by atoms with Gasteiger partial charge in [0.1, 0.15) is 22.3 Å². The zero-order valence-electron chi connectivity index (χ0n) is 24.9. The molecule has 0 saturated carbocycles. The van der Waals surface area contributed by atoms with Gasteiger partial charge in [0.25, 0.3) is 0 Å². The lowest BCUT2D eigenvalue weighted by molar-refractivity contribution is 0.669. The van der Waals surface area contributed by atoms with E-state index in [0.717, 1.165) is 78.0 Å². The predicted molar refractivity (Wildman–Crippen MR) is 190 cm³/mol. The number of hydrogen-bond donors (Lipinski definition) is 0. The van der Waals surface area contributed by atoms with Crippen molar-refractivity contribution in [3.63, 3.8) is 0 Å². The number of anilines is 6. The van der Waals surface area contributed by atoms with E-state index in [-0.39, 0.29) is 0 Å². The van der Waals surface area contributed by atoms with Crippen molar-refractivity contribution in [1.82, 2.24) is 0 Å². The topological polar surface area (TPSA) is 32.8 Å². The van der Waals surface area contributed by atoms with Gasteiger partial charge in [0.2, 0.25) is 0 Å². The number of furan rings is 2. The van der Waals surface area contributed by atoms with Gasteiger partial charge >= 0.3 is 0 Å². The molecule has 4 heteroatoms. The van der Waals surface area contributed by atoms with Crippen LogP contribution in [0.25, 0.3) is 43.9 Å². The third-order valence-corrected chi connectivity index (χ3v) is 8.62. The van der Waals surface area contributed by atoms with Crippen molar-refractivity contribution >= 4 is 78.0 Å². The van der Waals surface area contributed by atoms with E-state index in [4.69, 9.17) is 8.83 Å². The lowest BCUT2D eigenvalue weighted by atomic mass is 10.0. The van der Waals surface area contributed by atoms with E-state index in [9.17, 15) is 0 Å². The fourth-order valence-corrected chi connectivity index (χ4v) is 6.64. The molecule has 9 rings (SSSR count). The smallest absolute Gasteiger partial charge is 0.137 e. The number of rotatable bonds is 6. The van der Waals surface area contributed by atoms with Crippen molar-refractivity contribution in [2.24, 2.45) is 0 Å². The summed E-state index contributed by atoms with van der Waals surface area (Å²) < 4.78 is 13.0. The second kappa shape index (κ2) is 10.7. The van der Waals surface area contributed by atoms with E-state index in [2.05, 4.69) is 161 Å². The molecular weight excluding hydrogens is 564 g/mol. The molecular formula is C42H28N2O2. The number of benzene rings is 7. The van der Waals surface area contributed by atoms with Crippen LogP contribution in [0.2, 0.25) is 0 Å². The molecule has 46 heavy (non-hydrogen) atoms. The average Bonchev–Trinajstić information content (AvgIpc) is 3.69. The van der Waals surface area contributed by atoms with E-state index in [1.807, 2.05) is 18.2 Å². The summed E-state index contributed by atoms with van der Waals surface area (Å²) in [6, 6.07) is 58.8. The largest absolute Gasteiger partial charge is 0.456 e. The Morgan fingerprint density at radius 2 is 0.739 bits per heavy atom. The molecule has 0 fully saturated rings. The monoisotopic (exact) mass is 592 g/mol. The van der Waals surface area contributed by atoms with Crippen LogP contribution in [-0.4, -0.2) is 0 Å². The molecule has 2 heterocycles. The molecule has 0 atom stereocenters. The van der Waals surface area contributed by atoms with Gasteiger partial charge in [0, 0.05) is 39.6 Å². The normalized spacial score (nSPS) is 11.5. The van der Waals surface area contributed by atoms with Crippen LogP contribution in [0.4, 0.5) is 34.1 Å². The van der Waals surface area contributed by atoms with Gasteiger partial charge in [-0.15, -0.1) is 0 Å². The molecule has 0 radical (unpaired) electrons. The van der Waals surface area contributed by atoms with E-state index in [0.29, 0.717) is 0 Å². The lowest BCUT2D eigenvalue weighted by Crippen LogP contribution is -2.11. The first-order chi connectivity index (χ1) is 22.8. The second-order valence-corrected chi connectivity index (χ2v) is 11.4. The number of hydrogen-bond acceptors (Lipinski definition) is 4. The van der Waals surface area contributed by atoms with E-state index < -0.39 is 0 Å². The Kier molecular flexibility index (Phi) is 6.10. The second-order valence-electron chi connectivity index (χ2n) is 11.4. The number of para-hydroxylation sites is 4. The van der Waals surface area contributed by atoms with Crippen molar-refractivity contribution in [2.75, 3.05) is 9.80 Å². The Bertz CT molecular complexity index is 2440. The molecule has 0 N–H and O–H groups in total. The van der Waals surface area contributed by atoms with Gasteiger partial charge in [-0.3, -0.25) is 0 Å². The first-order valence-corrected chi connectivity index (χ1v) is 15.4. The molecule has 4 nitrogen and oxygen atoms in total. The van der Waals surface area contributed by atoms with Crippen LogP contribution in [0.5, 0.6) is 0 Å². The number of fused-ring (bicyclic) bond motifs is 6. The molecule has 0 saturated heterocycles. The molecule has 0 aliphatic rings. The molecule has 9 aromatic rings. The maximum absolute atomic E-state index is 6.62. The fraction of sp³-hybridized carbons (Fsp3) is 0. The zero-order chi connectivity index (χ0) is 30.5. The summed E-state index contributed by atoms with van der Waals surface area (Å²) in [5, 5.41) is 4.30. The predicted octanol–water partition coefficient (Wildman–Crippen LogP) is 12.4. The van der Waals surface area contributed by atoms with Gasteiger partial charge in [-0.2, -0.15) is 0 Å². The highest BCUT2D eigenvalue weighted by atomic mass is 16.3.